The number of carbonyl (C=O) groups is 2. The van der Waals surface area contributed by atoms with Crippen LogP contribution in [0.4, 0.5) is 0 Å². The summed E-state index contributed by atoms with van der Waals surface area (Å²) in [7, 11) is 0. The molecule has 0 saturated heterocycles. The van der Waals surface area contributed by atoms with E-state index in [0.29, 0.717) is 19.5 Å². The van der Waals surface area contributed by atoms with Gasteiger partial charge in [-0.25, -0.2) is 0 Å². The number of amides is 2. The summed E-state index contributed by atoms with van der Waals surface area (Å²) in [5, 5.41) is 9.21. The first kappa shape index (κ1) is 18.1. The van der Waals surface area contributed by atoms with Gasteiger partial charge in [-0.1, -0.05) is 54.6 Å². The van der Waals surface area contributed by atoms with Crippen LogP contribution in [-0.4, -0.2) is 31.4 Å². The number of benzene rings is 2. The summed E-state index contributed by atoms with van der Waals surface area (Å²) in [5.74, 6) is -0.109. The van der Waals surface area contributed by atoms with Crippen LogP contribution < -0.4 is 16.0 Å². The molecule has 0 aromatic heterocycles. The molecular formula is C21H25N3O2. The molecule has 0 spiro atoms. The Morgan fingerprint density at radius 1 is 0.962 bits per heavy atom. The SMILES string of the molecule is O=C(CCNC(=O)Cc1ccccc1)NCC1NCCc2ccccc21. The van der Waals surface area contributed by atoms with Gasteiger partial charge in [0.1, 0.15) is 0 Å². The van der Waals surface area contributed by atoms with Crippen LogP contribution in [0.3, 0.4) is 0 Å². The zero-order valence-corrected chi connectivity index (χ0v) is 14.8. The number of carbonyl (C=O) groups excluding carboxylic acids is 2. The third-order valence-electron chi connectivity index (χ3n) is 4.60. The first-order valence-electron chi connectivity index (χ1n) is 9.11. The number of rotatable bonds is 7. The average molecular weight is 351 g/mol. The Balaban J connectivity index is 1.37. The number of hydrogen-bond donors (Lipinski definition) is 3. The van der Waals surface area contributed by atoms with Gasteiger partial charge < -0.3 is 16.0 Å². The van der Waals surface area contributed by atoms with Gasteiger partial charge in [-0.2, -0.15) is 0 Å². The fraction of sp³-hybridized carbons (Fsp3) is 0.333. The predicted octanol–water partition coefficient (Wildman–Crippen LogP) is 1.74. The van der Waals surface area contributed by atoms with Gasteiger partial charge >= 0.3 is 0 Å². The van der Waals surface area contributed by atoms with Crippen molar-refractivity contribution >= 4 is 11.8 Å². The highest BCUT2D eigenvalue weighted by atomic mass is 16.2. The lowest BCUT2D eigenvalue weighted by Crippen LogP contribution is -2.39. The highest BCUT2D eigenvalue weighted by Crippen LogP contribution is 2.21. The van der Waals surface area contributed by atoms with Crippen molar-refractivity contribution in [2.75, 3.05) is 19.6 Å². The molecule has 136 valence electrons. The van der Waals surface area contributed by atoms with E-state index < -0.39 is 0 Å². The number of fused-ring (bicyclic) bond motifs is 1. The zero-order chi connectivity index (χ0) is 18.2. The van der Waals surface area contributed by atoms with E-state index in [1.807, 2.05) is 36.4 Å². The zero-order valence-electron chi connectivity index (χ0n) is 14.8. The molecule has 5 heteroatoms. The minimum absolute atomic E-state index is 0.0464. The first-order valence-corrected chi connectivity index (χ1v) is 9.11. The van der Waals surface area contributed by atoms with Crippen LogP contribution in [-0.2, 0) is 22.4 Å². The highest BCUT2D eigenvalue weighted by Gasteiger charge is 2.19. The van der Waals surface area contributed by atoms with E-state index >= 15 is 0 Å². The quantitative estimate of drug-likeness (QED) is 0.712. The molecule has 0 fully saturated rings. The Morgan fingerprint density at radius 3 is 2.58 bits per heavy atom. The Morgan fingerprint density at radius 2 is 1.73 bits per heavy atom. The topological polar surface area (TPSA) is 70.2 Å². The average Bonchev–Trinajstić information content (AvgIpc) is 2.67. The third-order valence-corrected chi connectivity index (χ3v) is 4.60. The predicted molar refractivity (Wildman–Crippen MR) is 102 cm³/mol. The maximum Gasteiger partial charge on any atom is 0.224 e. The van der Waals surface area contributed by atoms with Crippen LogP contribution in [0.2, 0.25) is 0 Å². The summed E-state index contributed by atoms with van der Waals surface area (Å²) in [6.45, 7) is 1.84. The minimum Gasteiger partial charge on any atom is -0.355 e. The van der Waals surface area contributed by atoms with Crippen molar-refractivity contribution in [2.24, 2.45) is 0 Å². The molecule has 0 aliphatic carbocycles. The molecule has 3 N–H and O–H groups in total. The van der Waals surface area contributed by atoms with Gasteiger partial charge in [-0.15, -0.1) is 0 Å². The second kappa shape index (κ2) is 9.15. The van der Waals surface area contributed by atoms with Crippen molar-refractivity contribution in [3.63, 3.8) is 0 Å². The van der Waals surface area contributed by atoms with Crippen molar-refractivity contribution in [1.29, 1.82) is 0 Å². The third kappa shape index (κ3) is 5.17. The Kier molecular flexibility index (Phi) is 6.39. The molecule has 0 saturated carbocycles. The van der Waals surface area contributed by atoms with E-state index in [1.165, 1.54) is 11.1 Å². The van der Waals surface area contributed by atoms with Gasteiger partial charge in [-0.05, 0) is 29.7 Å². The molecule has 26 heavy (non-hydrogen) atoms. The van der Waals surface area contributed by atoms with Crippen LogP contribution in [0.5, 0.6) is 0 Å². The minimum atomic E-state index is -0.0631. The van der Waals surface area contributed by atoms with E-state index in [2.05, 4.69) is 34.1 Å². The largest absolute Gasteiger partial charge is 0.355 e. The normalized spacial score (nSPS) is 15.8. The summed E-state index contributed by atoms with van der Waals surface area (Å²) in [6, 6.07) is 18.1. The van der Waals surface area contributed by atoms with Gasteiger partial charge in [0, 0.05) is 25.6 Å². The van der Waals surface area contributed by atoms with Crippen molar-refractivity contribution in [2.45, 2.75) is 25.3 Å². The standard InChI is InChI=1S/C21H25N3O2/c25-20(11-13-23-21(26)14-16-6-2-1-3-7-16)24-15-19-18-9-5-4-8-17(18)10-12-22-19/h1-9,19,22H,10-15H2,(H,23,26)(H,24,25). The Bertz CT molecular complexity index is 746. The molecule has 1 aliphatic rings. The molecule has 2 aromatic rings. The lowest BCUT2D eigenvalue weighted by atomic mass is 9.94. The van der Waals surface area contributed by atoms with Crippen molar-refractivity contribution in [3.8, 4) is 0 Å². The molecule has 1 heterocycles. The van der Waals surface area contributed by atoms with E-state index in [-0.39, 0.29) is 24.3 Å². The molecule has 1 atom stereocenters. The Hall–Kier alpha value is -2.66. The second-order valence-corrected chi connectivity index (χ2v) is 6.52. The molecule has 1 unspecified atom stereocenters. The van der Waals surface area contributed by atoms with Crippen LogP contribution in [0.1, 0.15) is 29.2 Å². The van der Waals surface area contributed by atoms with Crippen LogP contribution in [0, 0.1) is 0 Å². The van der Waals surface area contributed by atoms with Gasteiger partial charge in [0.05, 0.1) is 6.42 Å². The first-order chi connectivity index (χ1) is 12.7. The summed E-state index contributed by atoms with van der Waals surface area (Å²) in [6.07, 6.45) is 1.65. The van der Waals surface area contributed by atoms with Crippen molar-refractivity contribution in [1.82, 2.24) is 16.0 Å². The van der Waals surface area contributed by atoms with E-state index in [4.69, 9.17) is 0 Å². The summed E-state index contributed by atoms with van der Waals surface area (Å²) < 4.78 is 0. The maximum atomic E-state index is 12.0. The fourth-order valence-corrected chi connectivity index (χ4v) is 3.24. The van der Waals surface area contributed by atoms with Crippen molar-refractivity contribution in [3.05, 3.63) is 71.3 Å². The van der Waals surface area contributed by atoms with Crippen molar-refractivity contribution < 1.29 is 9.59 Å². The lowest BCUT2D eigenvalue weighted by Gasteiger charge is -2.27. The summed E-state index contributed by atoms with van der Waals surface area (Å²) >= 11 is 0. The van der Waals surface area contributed by atoms with Gasteiger partial charge in [-0.3, -0.25) is 9.59 Å². The fourth-order valence-electron chi connectivity index (χ4n) is 3.24. The van der Waals surface area contributed by atoms with Crippen LogP contribution in [0.25, 0.3) is 0 Å². The van der Waals surface area contributed by atoms with Crippen LogP contribution in [0.15, 0.2) is 54.6 Å². The molecule has 1 aliphatic heterocycles. The Labute approximate surface area is 154 Å². The molecule has 0 radical (unpaired) electrons. The van der Waals surface area contributed by atoms with Gasteiger partial charge in [0.2, 0.25) is 11.8 Å². The molecule has 3 rings (SSSR count). The molecule has 2 amide bonds. The number of nitrogens with one attached hydrogen (secondary N) is 3. The molecule has 2 aromatic carbocycles. The lowest BCUT2D eigenvalue weighted by molar-refractivity contribution is -0.122. The molecular weight excluding hydrogens is 326 g/mol. The highest BCUT2D eigenvalue weighted by molar-refractivity contribution is 5.80. The second-order valence-electron chi connectivity index (χ2n) is 6.52. The molecule has 5 nitrogen and oxygen atoms in total. The van der Waals surface area contributed by atoms with E-state index in [1.54, 1.807) is 0 Å². The van der Waals surface area contributed by atoms with E-state index in [9.17, 15) is 9.59 Å². The van der Waals surface area contributed by atoms with E-state index in [0.717, 1.165) is 18.5 Å². The smallest absolute Gasteiger partial charge is 0.224 e. The number of hydrogen-bond acceptors (Lipinski definition) is 3. The molecule has 0 bridgehead atoms. The van der Waals surface area contributed by atoms with Crippen LogP contribution >= 0.6 is 0 Å². The van der Waals surface area contributed by atoms with Gasteiger partial charge in [0.25, 0.3) is 0 Å². The summed E-state index contributed by atoms with van der Waals surface area (Å²) in [4.78, 5) is 23.9. The summed E-state index contributed by atoms with van der Waals surface area (Å²) in [5.41, 5.74) is 3.57. The monoisotopic (exact) mass is 351 g/mol. The maximum absolute atomic E-state index is 12.0. The van der Waals surface area contributed by atoms with Gasteiger partial charge in [0.15, 0.2) is 0 Å².